The molecule has 200 valence electrons. The smallest absolute Gasteiger partial charge is 0.413 e. The van der Waals surface area contributed by atoms with Gasteiger partial charge < -0.3 is 25.3 Å². The average Bonchev–Trinajstić information content (AvgIpc) is 3.39. The second-order valence-corrected chi connectivity index (χ2v) is 10.4. The van der Waals surface area contributed by atoms with Gasteiger partial charge >= 0.3 is 12.1 Å². The number of carboxylic acids is 1. The minimum atomic E-state index is -1.76. The molecule has 0 spiro atoms. The van der Waals surface area contributed by atoms with Crippen LogP contribution in [0.15, 0.2) is 16.9 Å². The van der Waals surface area contributed by atoms with E-state index in [1.807, 2.05) is 0 Å². The van der Waals surface area contributed by atoms with Crippen molar-refractivity contribution in [3.63, 3.8) is 0 Å². The molecule has 2 atom stereocenters. The van der Waals surface area contributed by atoms with Crippen LogP contribution in [0.25, 0.3) is 0 Å². The van der Waals surface area contributed by atoms with Crippen molar-refractivity contribution in [1.82, 2.24) is 30.4 Å². The molecule has 3 rings (SSSR count). The lowest BCUT2D eigenvalue weighted by atomic mass is 9.98. The van der Waals surface area contributed by atoms with Crippen molar-refractivity contribution in [2.75, 3.05) is 5.32 Å². The van der Waals surface area contributed by atoms with Gasteiger partial charge in [-0.25, -0.2) is 24.2 Å². The molecule has 15 nitrogen and oxygen atoms in total. The number of carbonyl (C=O) groups is 4. The molecule has 3 amide bonds. The van der Waals surface area contributed by atoms with E-state index < -0.39 is 52.9 Å². The molecule has 37 heavy (non-hydrogen) atoms. The Hall–Kier alpha value is -4.08. The number of β-lactam (4-membered cyclic amide) rings is 1. The number of aromatic nitrogens is 4. The minimum Gasteiger partial charge on any atom is -0.478 e. The van der Waals surface area contributed by atoms with E-state index in [-0.39, 0.29) is 17.4 Å². The normalized spacial score (nSPS) is 17.9. The molecule has 0 aromatic carbocycles. The molecule has 4 N–H and O–H groups in total. The molecular formula is C21H28N8O7S. The van der Waals surface area contributed by atoms with E-state index in [1.165, 1.54) is 25.6 Å². The summed E-state index contributed by atoms with van der Waals surface area (Å²) in [6, 6.07) is -1.40. The van der Waals surface area contributed by atoms with Gasteiger partial charge in [0.05, 0.1) is 12.6 Å². The van der Waals surface area contributed by atoms with Crippen LogP contribution in [-0.2, 0) is 30.5 Å². The minimum absolute atomic E-state index is 0.0156. The van der Waals surface area contributed by atoms with Crippen molar-refractivity contribution in [3.8, 4) is 0 Å². The van der Waals surface area contributed by atoms with Gasteiger partial charge in [0, 0.05) is 5.38 Å². The van der Waals surface area contributed by atoms with Gasteiger partial charge in [-0.15, -0.1) is 11.3 Å². The Morgan fingerprint density at radius 2 is 1.97 bits per heavy atom. The topological polar surface area (TPSA) is 199 Å². The SMILES string of the molecule is Cc1ncnn1C[C@H]1NC(=O)[C@H]1NC(=O)C(=NOC(C)(C)C(=O)O)c1csc(NC(=O)OC(C)(C)C)n1. The Bertz CT molecular complexity index is 1230. The molecule has 3 heterocycles. The summed E-state index contributed by atoms with van der Waals surface area (Å²) in [5, 5.41) is 26.4. The number of thiazole rings is 1. The number of rotatable bonds is 9. The van der Waals surface area contributed by atoms with Crippen LogP contribution in [0.1, 0.15) is 46.1 Å². The maximum absolute atomic E-state index is 13.2. The molecule has 1 aliphatic heterocycles. The Morgan fingerprint density at radius 3 is 2.54 bits per heavy atom. The van der Waals surface area contributed by atoms with Gasteiger partial charge in [0.1, 0.15) is 29.5 Å². The second-order valence-electron chi connectivity index (χ2n) is 9.57. The van der Waals surface area contributed by atoms with E-state index in [9.17, 15) is 24.3 Å². The molecule has 16 heteroatoms. The van der Waals surface area contributed by atoms with Gasteiger partial charge in [0.25, 0.3) is 5.91 Å². The van der Waals surface area contributed by atoms with Crippen molar-refractivity contribution in [3.05, 3.63) is 23.2 Å². The molecule has 1 saturated heterocycles. The zero-order valence-corrected chi connectivity index (χ0v) is 21.9. The highest BCUT2D eigenvalue weighted by atomic mass is 32.1. The van der Waals surface area contributed by atoms with Crippen molar-refractivity contribution >= 4 is 46.1 Å². The number of oxime groups is 1. The summed E-state index contributed by atoms with van der Waals surface area (Å²) in [7, 11) is 0. The van der Waals surface area contributed by atoms with Crippen LogP contribution in [0.5, 0.6) is 0 Å². The number of hydrogen-bond donors (Lipinski definition) is 4. The number of carbonyl (C=O) groups excluding carboxylic acids is 3. The lowest BCUT2D eigenvalue weighted by Gasteiger charge is -2.37. The van der Waals surface area contributed by atoms with Gasteiger partial charge in [-0.05, 0) is 41.5 Å². The average molecular weight is 537 g/mol. The lowest BCUT2D eigenvalue weighted by molar-refractivity contribution is -0.161. The third kappa shape index (κ3) is 6.99. The molecule has 0 saturated carbocycles. The first-order valence-electron chi connectivity index (χ1n) is 11.1. The van der Waals surface area contributed by atoms with E-state index in [1.54, 1.807) is 32.4 Å². The Labute approximate surface area is 215 Å². The number of aliphatic carboxylic acids is 1. The quantitative estimate of drug-likeness (QED) is 0.200. The molecule has 2 aromatic rings. The predicted molar refractivity (Wildman–Crippen MR) is 130 cm³/mol. The number of amides is 3. The maximum Gasteiger partial charge on any atom is 0.413 e. The number of hydrogen-bond acceptors (Lipinski definition) is 11. The number of carboxylic acid groups (broad SMARTS) is 1. The number of nitrogens with one attached hydrogen (secondary N) is 3. The Morgan fingerprint density at radius 1 is 1.27 bits per heavy atom. The lowest BCUT2D eigenvalue weighted by Crippen LogP contribution is -2.70. The fraction of sp³-hybridized carbons (Fsp3) is 0.524. The highest BCUT2D eigenvalue weighted by molar-refractivity contribution is 7.14. The number of anilines is 1. The molecule has 0 bridgehead atoms. The molecular weight excluding hydrogens is 508 g/mol. The zero-order valence-electron chi connectivity index (χ0n) is 21.1. The summed E-state index contributed by atoms with van der Waals surface area (Å²) in [5.74, 6) is -1.95. The molecule has 1 aliphatic rings. The van der Waals surface area contributed by atoms with E-state index in [0.29, 0.717) is 5.82 Å². The summed E-state index contributed by atoms with van der Waals surface area (Å²) < 4.78 is 6.76. The van der Waals surface area contributed by atoms with Crippen molar-refractivity contribution < 1.29 is 33.9 Å². The van der Waals surface area contributed by atoms with Crippen LogP contribution in [0.3, 0.4) is 0 Å². The van der Waals surface area contributed by atoms with Crippen molar-refractivity contribution in [2.24, 2.45) is 5.16 Å². The fourth-order valence-electron chi connectivity index (χ4n) is 2.89. The van der Waals surface area contributed by atoms with Gasteiger partial charge in [0.2, 0.25) is 11.5 Å². The predicted octanol–water partition coefficient (Wildman–Crippen LogP) is 0.657. The third-order valence-corrected chi connectivity index (χ3v) is 5.69. The highest BCUT2D eigenvalue weighted by Crippen LogP contribution is 2.20. The standard InChI is InChI=1S/C21H28N8O7S/c1-10-22-9-23-29(10)7-11-13(15(30)24-11)26-16(31)14(28-36-21(5,6)17(32)33)12-8-37-18(25-12)27-19(34)35-20(2,3)4/h8-9,11,13H,7H2,1-6H3,(H,24,30)(H,26,31)(H,32,33)(H,25,27,34)/t11-,13+/m1/s1. The summed E-state index contributed by atoms with van der Waals surface area (Å²) in [5.41, 5.74) is -2.91. The third-order valence-electron chi connectivity index (χ3n) is 4.93. The second kappa shape index (κ2) is 10.5. The first kappa shape index (κ1) is 27.5. The van der Waals surface area contributed by atoms with Gasteiger partial charge in [-0.1, -0.05) is 5.16 Å². The zero-order chi connectivity index (χ0) is 27.5. The van der Waals surface area contributed by atoms with Crippen LogP contribution in [0, 0.1) is 6.92 Å². The van der Waals surface area contributed by atoms with Crippen molar-refractivity contribution in [1.29, 1.82) is 0 Å². The molecule has 0 unspecified atom stereocenters. The van der Waals surface area contributed by atoms with Crippen LogP contribution < -0.4 is 16.0 Å². The van der Waals surface area contributed by atoms with E-state index in [0.717, 1.165) is 11.3 Å². The van der Waals surface area contributed by atoms with Crippen molar-refractivity contribution in [2.45, 2.75) is 71.4 Å². The Kier molecular flexibility index (Phi) is 7.80. The summed E-state index contributed by atoms with van der Waals surface area (Å²) in [6.45, 7) is 9.61. The molecule has 0 aliphatic carbocycles. The van der Waals surface area contributed by atoms with Crippen LogP contribution in [0.2, 0.25) is 0 Å². The highest BCUT2D eigenvalue weighted by Gasteiger charge is 2.42. The summed E-state index contributed by atoms with van der Waals surface area (Å²) >= 11 is 0.980. The van der Waals surface area contributed by atoms with E-state index >= 15 is 0 Å². The molecule has 1 fully saturated rings. The van der Waals surface area contributed by atoms with Crippen LogP contribution in [-0.4, -0.2) is 77.7 Å². The molecule has 2 aromatic heterocycles. The first-order valence-corrected chi connectivity index (χ1v) is 12.0. The maximum atomic E-state index is 13.2. The van der Waals surface area contributed by atoms with Gasteiger partial charge in [-0.2, -0.15) is 5.10 Å². The van der Waals surface area contributed by atoms with Gasteiger partial charge in [0.15, 0.2) is 10.8 Å². The number of aryl methyl sites for hydroxylation is 1. The van der Waals surface area contributed by atoms with Gasteiger partial charge in [-0.3, -0.25) is 14.9 Å². The van der Waals surface area contributed by atoms with E-state index in [4.69, 9.17) is 9.57 Å². The van der Waals surface area contributed by atoms with E-state index in [2.05, 4.69) is 36.2 Å². The monoisotopic (exact) mass is 536 g/mol. The fourth-order valence-corrected chi connectivity index (χ4v) is 3.57. The Balaban J connectivity index is 1.80. The number of nitrogens with zero attached hydrogens (tertiary/aromatic N) is 5. The largest absolute Gasteiger partial charge is 0.478 e. The summed E-state index contributed by atoms with van der Waals surface area (Å²) in [6.07, 6.45) is 0.623. The summed E-state index contributed by atoms with van der Waals surface area (Å²) in [4.78, 5) is 62.2. The first-order chi connectivity index (χ1) is 17.2. The number of ether oxygens (including phenoxy) is 1. The van der Waals surface area contributed by atoms with Crippen LogP contribution >= 0.6 is 11.3 Å². The van der Waals surface area contributed by atoms with Crippen LogP contribution in [0.4, 0.5) is 9.93 Å². The molecule has 0 radical (unpaired) electrons.